The van der Waals surface area contributed by atoms with Gasteiger partial charge in [-0.05, 0) is 19.3 Å². The van der Waals surface area contributed by atoms with Gasteiger partial charge in [0, 0.05) is 20.1 Å². The Morgan fingerprint density at radius 3 is 2.56 bits per heavy atom. The van der Waals surface area contributed by atoms with Crippen LogP contribution in [0.4, 0.5) is 11.4 Å². The molecule has 0 saturated heterocycles. The summed E-state index contributed by atoms with van der Waals surface area (Å²) in [6.45, 7) is 8.08. The fourth-order valence-electron chi connectivity index (χ4n) is 1.55. The molecule has 90 valence electrons. The average molecular weight is 240 g/mol. The lowest BCUT2D eigenvalue weighted by Gasteiger charge is -2.23. The minimum Gasteiger partial charge on any atom is -0.382 e. The van der Waals surface area contributed by atoms with E-state index >= 15 is 0 Å². The second kappa shape index (κ2) is 5.43. The van der Waals surface area contributed by atoms with Gasteiger partial charge in [0.2, 0.25) is 5.43 Å². The van der Waals surface area contributed by atoms with E-state index in [0.29, 0.717) is 10.4 Å². The first-order chi connectivity index (χ1) is 7.49. The third kappa shape index (κ3) is 2.61. The van der Waals surface area contributed by atoms with Crippen LogP contribution in [0.15, 0.2) is 4.79 Å². The summed E-state index contributed by atoms with van der Waals surface area (Å²) in [6, 6.07) is 0. The molecule has 0 fully saturated rings. The van der Waals surface area contributed by atoms with Gasteiger partial charge in [-0.25, -0.2) is 0 Å². The van der Waals surface area contributed by atoms with Gasteiger partial charge in [-0.3, -0.25) is 4.79 Å². The summed E-state index contributed by atoms with van der Waals surface area (Å²) in [5.74, 6) is 0.657. The largest absolute Gasteiger partial charge is 0.382 e. The fraction of sp³-hybridized carbons (Fsp3) is 0.667. The molecule has 0 aliphatic carbocycles. The van der Waals surface area contributed by atoms with E-state index in [4.69, 9.17) is 12.2 Å². The highest BCUT2D eigenvalue weighted by atomic mass is 32.1. The molecule has 1 rings (SSSR count). The van der Waals surface area contributed by atoms with E-state index in [-0.39, 0.29) is 5.43 Å². The van der Waals surface area contributed by atoms with Gasteiger partial charge in [0.05, 0.1) is 5.69 Å². The minimum atomic E-state index is 0.00592. The summed E-state index contributed by atoms with van der Waals surface area (Å²) >= 11 is 5.05. The van der Waals surface area contributed by atoms with E-state index in [2.05, 4.69) is 19.2 Å². The first kappa shape index (κ1) is 13.2. The number of nitrogens with zero attached hydrogens (tertiary/aromatic N) is 1. The fourth-order valence-corrected chi connectivity index (χ4v) is 1.82. The molecule has 0 amide bonds. The molecule has 0 spiro atoms. The molecule has 0 aliphatic rings. The van der Waals surface area contributed by atoms with Crippen molar-refractivity contribution in [2.24, 2.45) is 5.92 Å². The molecule has 1 N–H and O–H groups in total. The number of nitrogens with one attached hydrogen (secondary N) is 1. The first-order valence-electron chi connectivity index (χ1n) is 5.77. The van der Waals surface area contributed by atoms with Crippen LogP contribution < -0.4 is 15.6 Å². The van der Waals surface area contributed by atoms with Crippen molar-refractivity contribution in [3.8, 4) is 0 Å². The summed E-state index contributed by atoms with van der Waals surface area (Å²) in [6.07, 6.45) is 1.09. The molecule has 1 aromatic carbocycles. The highest BCUT2D eigenvalue weighted by molar-refractivity contribution is 7.71. The lowest BCUT2D eigenvalue weighted by molar-refractivity contribution is 0.607. The van der Waals surface area contributed by atoms with Gasteiger partial charge in [-0.1, -0.05) is 26.1 Å². The van der Waals surface area contributed by atoms with Crippen molar-refractivity contribution in [2.45, 2.75) is 27.2 Å². The van der Waals surface area contributed by atoms with Crippen LogP contribution in [-0.2, 0) is 0 Å². The van der Waals surface area contributed by atoms with E-state index in [0.717, 1.165) is 30.9 Å². The van der Waals surface area contributed by atoms with Crippen LogP contribution in [0.25, 0.3) is 0 Å². The van der Waals surface area contributed by atoms with Crippen molar-refractivity contribution >= 4 is 23.6 Å². The minimum absolute atomic E-state index is 0.00592. The molecule has 0 heterocycles. The summed E-state index contributed by atoms with van der Waals surface area (Å²) in [5.41, 5.74) is 1.62. The van der Waals surface area contributed by atoms with E-state index in [1.54, 1.807) is 0 Å². The molecule has 3 nitrogen and oxygen atoms in total. The Hall–Kier alpha value is -0.900. The summed E-state index contributed by atoms with van der Waals surface area (Å²) < 4.78 is 0.457. The van der Waals surface area contributed by atoms with E-state index < -0.39 is 0 Å². The second-order valence-corrected chi connectivity index (χ2v) is 4.91. The van der Waals surface area contributed by atoms with Crippen LogP contribution in [0.5, 0.6) is 0 Å². The smallest absolute Gasteiger partial charge is 0.224 e. The zero-order valence-corrected chi connectivity index (χ0v) is 11.3. The highest BCUT2D eigenvalue weighted by Crippen LogP contribution is 2.26. The molecule has 0 radical (unpaired) electrons. The zero-order chi connectivity index (χ0) is 12.3. The monoisotopic (exact) mass is 240 g/mol. The molecule has 1 aromatic rings. The molecule has 0 aliphatic heterocycles. The summed E-state index contributed by atoms with van der Waals surface area (Å²) in [7, 11) is 1.92. The quantitative estimate of drug-likeness (QED) is 0.775. The van der Waals surface area contributed by atoms with Gasteiger partial charge in [-0.15, -0.1) is 0 Å². The SMILES string of the molecule is CCN(C)c1c(NCCC(C)C)c(=S)c1=O. The summed E-state index contributed by atoms with van der Waals surface area (Å²) in [5, 5.41) is 3.27. The Morgan fingerprint density at radius 1 is 1.44 bits per heavy atom. The maximum atomic E-state index is 11.6. The number of rotatable bonds is 6. The van der Waals surface area contributed by atoms with Gasteiger partial charge in [0.1, 0.15) is 10.2 Å². The predicted molar refractivity (Wildman–Crippen MR) is 72.8 cm³/mol. The van der Waals surface area contributed by atoms with E-state index in [1.165, 1.54) is 0 Å². The summed E-state index contributed by atoms with van der Waals surface area (Å²) in [4.78, 5) is 13.5. The Bertz CT molecular complexity index is 419. The van der Waals surface area contributed by atoms with E-state index in [1.807, 2.05) is 18.9 Å². The molecule has 0 saturated carbocycles. The Labute approximate surface area is 102 Å². The third-order valence-electron chi connectivity index (χ3n) is 2.76. The van der Waals surface area contributed by atoms with Crippen molar-refractivity contribution in [3.05, 3.63) is 14.7 Å². The van der Waals surface area contributed by atoms with Crippen LogP contribution in [-0.4, -0.2) is 20.1 Å². The molecule has 0 bridgehead atoms. The number of hydrogen-bond donors (Lipinski definition) is 1. The molecule has 0 unspecified atom stereocenters. The molecular weight excluding hydrogens is 220 g/mol. The first-order valence-corrected chi connectivity index (χ1v) is 6.18. The Kier molecular flexibility index (Phi) is 4.47. The standard InChI is InChI=1S/C12H20N2OS/c1-5-14(4)10-9(12(16)11(10)15)13-7-6-8(2)3/h8,13H,5-7H2,1-4H3. The molecule has 0 atom stereocenters. The predicted octanol–water partition coefficient (Wildman–Crippen LogP) is 2.57. The molecule has 0 aromatic heterocycles. The Morgan fingerprint density at radius 2 is 2.06 bits per heavy atom. The van der Waals surface area contributed by atoms with Crippen molar-refractivity contribution in [1.29, 1.82) is 0 Å². The second-order valence-electron chi connectivity index (χ2n) is 4.51. The molecular formula is C12H20N2OS. The van der Waals surface area contributed by atoms with Crippen LogP contribution in [0, 0.1) is 10.4 Å². The van der Waals surface area contributed by atoms with Crippen LogP contribution >= 0.6 is 12.2 Å². The van der Waals surface area contributed by atoms with Crippen LogP contribution in [0.2, 0.25) is 0 Å². The number of hydrogen-bond acceptors (Lipinski definition) is 4. The van der Waals surface area contributed by atoms with Gasteiger partial charge in [0.15, 0.2) is 0 Å². The Balaban J connectivity index is 2.70. The normalized spacial score (nSPS) is 11.1. The molecule has 16 heavy (non-hydrogen) atoms. The third-order valence-corrected chi connectivity index (χ3v) is 3.15. The van der Waals surface area contributed by atoms with Crippen LogP contribution in [0.1, 0.15) is 27.2 Å². The number of anilines is 2. The van der Waals surface area contributed by atoms with E-state index in [9.17, 15) is 4.79 Å². The van der Waals surface area contributed by atoms with Crippen molar-refractivity contribution in [2.75, 3.05) is 30.4 Å². The maximum absolute atomic E-state index is 11.6. The zero-order valence-electron chi connectivity index (χ0n) is 10.5. The molecule has 4 heteroatoms. The topological polar surface area (TPSA) is 32.3 Å². The lowest BCUT2D eigenvalue weighted by atomic mass is 10.1. The average Bonchev–Trinajstić information content (AvgIpc) is 2.26. The highest BCUT2D eigenvalue weighted by Gasteiger charge is 2.19. The maximum Gasteiger partial charge on any atom is 0.224 e. The van der Waals surface area contributed by atoms with Gasteiger partial charge >= 0.3 is 0 Å². The van der Waals surface area contributed by atoms with Crippen molar-refractivity contribution in [3.63, 3.8) is 0 Å². The van der Waals surface area contributed by atoms with Crippen molar-refractivity contribution in [1.82, 2.24) is 0 Å². The van der Waals surface area contributed by atoms with Gasteiger partial charge < -0.3 is 10.2 Å². The van der Waals surface area contributed by atoms with Crippen LogP contribution in [0.3, 0.4) is 0 Å². The van der Waals surface area contributed by atoms with Gasteiger partial charge in [-0.2, -0.15) is 0 Å². The van der Waals surface area contributed by atoms with Crippen molar-refractivity contribution < 1.29 is 0 Å². The lowest BCUT2D eigenvalue weighted by Crippen LogP contribution is -2.29. The van der Waals surface area contributed by atoms with Gasteiger partial charge in [0.25, 0.3) is 0 Å².